The molecule has 29 heavy (non-hydrogen) atoms. The van der Waals surface area contributed by atoms with Crippen LogP contribution in [0.5, 0.6) is 0 Å². The zero-order chi connectivity index (χ0) is 20.6. The molecule has 1 heterocycles. The summed E-state index contributed by atoms with van der Waals surface area (Å²) in [5, 5.41) is 5.35. The minimum atomic E-state index is -1.11. The summed E-state index contributed by atoms with van der Waals surface area (Å²) >= 11 is 0. The molecule has 148 valence electrons. The van der Waals surface area contributed by atoms with Crippen molar-refractivity contribution in [2.24, 2.45) is 0 Å². The number of aryl methyl sites for hydroxylation is 1. The molecule has 2 aromatic carbocycles. The Labute approximate surface area is 166 Å². The lowest BCUT2D eigenvalue weighted by atomic mass is 9.92. The van der Waals surface area contributed by atoms with Crippen LogP contribution in [0.1, 0.15) is 27.9 Å². The predicted octanol–water partition coefficient (Wildman–Crippen LogP) is 1.81. The van der Waals surface area contributed by atoms with E-state index in [2.05, 4.69) is 10.6 Å². The maximum atomic E-state index is 13.1. The standard InChI is InChI=1S/C21H19N3O5/c1-29-18(26)14-7-3-5-9-16(14)22-17(25)12-24-19(27)21(23-20(24)28)11-10-13-6-2-4-8-15(13)21/h2-9H,10-12H2,1H3,(H,22,25)(H,23,28)/t21-/m1/s1. The first-order chi connectivity index (χ1) is 14.0. The molecule has 8 heteroatoms. The highest BCUT2D eigenvalue weighted by atomic mass is 16.5. The van der Waals surface area contributed by atoms with Gasteiger partial charge in [0.2, 0.25) is 5.91 Å². The molecule has 8 nitrogen and oxygen atoms in total. The fraction of sp³-hybridized carbons (Fsp3) is 0.238. The summed E-state index contributed by atoms with van der Waals surface area (Å²) in [4.78, 5) is 50.9. The van der Waals surface area contributed by atoms with Gasteiger partial charge in [0.1, 0.15) is 12.1 Å². The van der Waals surface area contributed by atoms with Gasteiger partial charge in [0.15, 0.2) is 0 Å². The minimum absolute atomic E-state index is 0.182. The lowest BCUT2D eigenvalue weighted by molar-refractivity contribution is -0.134. The topological polar surface area (TPSA) is 105 Å². The van der Waals surface area contributed by atoms with E-state index < -0.39 is 35.9 Å². The second-order valence-electron chi connectivity index (χ2n) is 6.97. The number of hydrogen-bond acceptors (Lipinski definition) is 5. The number of methoxy groups -OCH3 is 1. The first-order valence-corrected chi connectivity index (χ1v) is 9.16. The number of benzene rings is 2. The second kappa shape index (κ2) is 7.05. The lowest BCUT2D eigenvalue weighted by Crippen LogP contribution is -2.43. The highest BCUT2D eigenvalue weighted by molar-refractivity contribution is 6.11. The van der Waals surface area contributed by atoms with Crippen molar-refractivity contribution in [1.82, 2.24) is 10.2 Å². The maximum absolute atomic E-state index is 13.1. The van der Waals surface area contributed by atoms with Crippen molar-refractivity contribution in [3.05, 3.63) is 65.2 Å². The number of carbonyl (C=O) groups excluding carboxylic acids is 4. The molecule has 0 aromatic heterocycles. The van der Waals surface area contributed by atoms with Crippen molar-refractivity contribution in [1.29, 1.82) is 0 Å². The largest absolute Gasteiger partial charge is 0.465 e. The Morgan fingerprint density at radius 1 is 1.14 bits per heavy atom. The van der Waals surface area contributed by atoms with Gasteiger partial charge in [0.25, 0.3) is 5.91 Å². The van der Waals surface area contributed by atoms with Crippen LogP contribution in [0.2, 0.25) is 0 Å². The number of esters is 1. The Morgan fingerprint density at radius 2 is 1.86 bits per heavy atom. The van der Waals surface area contributed by atoms with Gasteiger partial charge in [-0.2, -0.15) is 0 Å². The average molecular weight is 393 g/mol. The Morgan fingerprint density at radius 3 is 2.66 bits per heavy atom. The quantitative estimate of drug-likeness (QED) is 0.609. The van der Waals surface area contributed by atoms with Gasteiger partial charge in [-0.1, -0.05) is 36.4 Å². The zero-order valence-corrected chi connectivity index (χ0v) is 15.7. The third kappa shape index (κ3) is 3.02. The number of carbonyl (C=O) groups is 4. The number of amides is 4. The van der Waals surface area contributed by atoms with E-state index in [-0.39, 0.29) is 11.3 Å². The third-order valence-electron chi connectivity index (χ3n) is 5.33. The van der Waals surface area contributed by atoms with Gasteiger partial charge in [-0.05, 0) is 36.1 Å². The van der Waals surface area contributed by atoms with Crippen molar-refractivity contribution in [2.75, 3.05) is 19.0 Å². The van der Waals surface area contributed by atoms with E-state index in [1.165, 1.54) is 13.2 Å². The van der Waals surface area contributed by atoms with E-state index in [0.29, 0.717) is 12.8 Å². The molecular formula is C21H19N3O5. The number of para-hydroxylation sites is 1. The third-order valence-corrected chi connectivity index (χ3v) is 5.33. The molecule has 2 N–H and O–H groups in total. The molecule has 1 saturated heterocycles. The summed E-state index contributed by atoms with van der Waals surface area (Å²) < 4.78 is 4.70. The number of nitrogens with zero attached hydrogens (tertiary/aromatic N) is 1. The number of imide groups is 1. The van der Waals surface area contributed by atoms with Gasteiger partial charge in [-0.25, -0.2) is 9.59 Å². The summed E-state index contributed by atoms with van der Waals surface area (Å²) in [6, 6.07) is 13.2. The smallest absolute Gasteiger partial charge is 0.339 e. The van der Waals surface area contributed by atoms with Crippen LogP contribution in [0.15, 0.2) is 48.5 Å². The van der Waals surface area contributed by atoms with Gasteiger partial charge in [-0.15, -0.1) is 0 Å². The maximum Gasteiger partial charge on any atom is 0.339 e. The van der Waals surface area contributed by atoms with Crippen LogP contribution >= 0.6 is 0 Å². The van der Waals surface area contributed by atoms with Crippen LogP contribution in [0.25, 0.3) is 0 Å². The van der Waals surface area contributed by atoms with Gasteiger partial charge in [0, 0.05) is 0 Å². The molecular weight excluding hydrogens is 374 g/mol. The first-order valence-electron chi connectivity index (χ1n) is 9.16. The highest BCUT2D eigenvalue weighted by Gasteiger charge is 2.55. The monoisotopic (exact) mass is 393 g/mol. The molecule has 4 rings (SSSR count). The van der Waals surface area contributed by atoms with E-state index in [1.807, 2.05) is 24.3 Å². The van der Waals surface area contributed by atoms with Crippen LogP contribution in [0, 0.1) is 0 Å². The molecule has 0 saturated carbocycles. The SMILES string of the molecule is COC(=O)c1ccccc1NC(=O)CN1C(=O)N[C@@]2(CCc3ccccc32)C1=O. The van der Waals surface area contributed by atoms with Crippen LogP contribution in [-0.2, 0) is 26.3 Å². The van der Waals surface area contributed by atoms with Crippen molar-refractivity contribution in [3.8, 4) is 0 Å². The van der Waals surface area contributed by atoms with Crippen LogP contribution < -0.4 is 10.6 Å². The zero-order valence-electron chi connectivity index (χ0n) is 15.7. The van der Waals surface area contributed by atoms with Gasteiger partial charge < -0.3 is 15.4 Å². The number of fused-ring (bicyclic) bond motifs is 2. The van der Waals surface area contributed by atoms with Crippen LogP contribution in [0.3, 0.4) is 0 Å². The Bertz CT molecular complexity index is 1030. The highest BCUT2D eigenvalue weighted by Crippen LogP contribution is 2.41. The summed E-state index contributed by atoms with van der Waals surface area (Å²) in [7, 11) is 1.24. The van der Waals surface area contributed by atoms with E-state index in [9.17, 15) is 19.2 Å². The molecule has 1 spiro atoms. The number of ether oxygens (including phenoxy) is 1. The predicted molar refractivity (Wildman–Crippen MR) is 103 cm³/mol. The molecule has 2 aromatic rings. The van der Waals surface area contributed by atoms with Crippen molar-refractivity contribution in [2.45, 2.75) is 18.4 Å². The van der Waals surface area contributed by atoms with Gasteiger partial charge in [0.05, 0.1) is 18.4 Å². The average Bonchev–Trinajstić information content (AvgIpc) is 3.21. The molecule has 1 fully saturated rings. The molecule has 0 unspecified atom stereocenters. The number of rotatable bonds is 4. The summed E-state index contributed by atoms with van der Waals surface area (Å²) in [5.41, 5.74) is 1.11. The van der Waals surface area contributed by atoms with E-state index in [0.717, 1.165) is 16.0 Å². The summed E-state index contributed by atoms with van der Waals surface area (Å²) in [6.07, 6.45) is 1.13. The van der Waals surface area contributed by atoms with Gasteiger partial charge in [-0.3, -0.25) is 14.5 Å². The number of nitrogens with one attached hydrogen (secondary N) is 2. The first kappa shape index (κ1) is 18.7. The Kier molecular flexibility index (Phi) is 4.54. The number of urea groups is 1. The molecule has 1 aliphatic carbocycles. The normalized spacial score (nSPS) is 19.8. The molecule has 0 radical (unpaired) electrons. The lowest BCUT2D eigenvalue weighted by Gasteiger charge is -2.22. The fourth-order valence-corrected chi connectivity index (χ4v) is 3.95. The van der Waals surface area contributed by atoms with Crippen molar-refractivity contribution < 1.29 is 23.9 Å². The van der Waals surface area contributed by atoms with E-state index >= 15 is 0 Å². The second-order valence-corrected chi connectivity index (χ2v) is 6.97. The van der Waals surface area contributed by atoms with Gasteiger partial charge >= 0.3 is 12.0 Å². The van der Waals surface area contributed by atoms with Crippen molar-refractivity contribution >= 4 is 29.5 Å². The van der Waals surface area contributed by atoms with Crippen LogP contribution in [-0.4, -0.2) is 42.4 Å². The van der Waals surface area contributed by atoms with E-state index in [4.69, 9.17) is 4.74 Å². The molecule has 4 amide bonds. The van der Waals surface area contributed by atoms with Crippen molar-refractivity contribution in [3.63, 3.8) is 0 Å². The molecule has 2 aliphatic rings. The Balaban J connectivity index is 1.53. The number of anilines is 1. The molecule has 0 bridgehead atoms. The molecule has 1 aliphatic heterocycles. The summed E-state index contributed by atoms with van der Waals surface area (Å²) in [6.45, 7) is -0.454. The summed E-state index contributed by atoms with van der Waals surface area (Å²) in [5.74, 6) is -1.63. The van der Waals surface area contributed by atoms with Crippen LogP contribution in [0.4, 0.5) is 10.5 Å². The Hall–Kier alpha value is -3.68. The van der Waals surface area contributed by atoms with E-state index in [1.54, 1.807) is 18.2 Å². The minimum Gasteiger partial charge on any atom is -0.465 e. The fourth-order valence-electron chi connectivity index (χ4n) is 3.95. The number of hydrogen-bond donors (Lipinski definition) is 2. The molecule has 1 atom stereocenters.